The van der Waals surface area contributed by atoms with Crippen LogP contribution in [-0.2, 0) is 55.8 Å². The van der Waals surface area contributed by atoms with Crippen LogP contribution < -0.4 is 0 Å². The first kappa shape index (κ1) is 97.7. The monoisotopic (exact) mass is 1480 g/mol. The van der Waals surface area contributed by atoms with Crippen molar-refractivity contribution >= 4 is 33.6 Å². The lowest BCUT2D eigenvalue weighted by Gasteiger charge is -2.21. The molecule has 0 fully saturated rings. The molecule has 18 heteroatoms. The molecule has 0 saturated heterocycles. The van der Waals surface area contributed by atoms with E-state index < -0.39 is 91.5 Å². The lowest BCUT2D eigenvalue weighted by molar-refractivity contribution is -0.161. The van der Waals surface area contributed by atoms with Crippen molar-refractivity contribution in [2.45, 2.75) is 296 Å². The first-order valence-electron chi connectivity index (χ1n) is 39.1. The molecule has 0 heterocycles. The Kier molecular flexibility index (Phi) is 72.3. The molecule has 5 atom stereocenters. The molecule has 0 aromatic carbocycles. The van der Waals surface area contributed by atoms with Crippen LogP contribution in [0, 0.1) is 0 Å². The van der Waals surface area contributed by atoms with Crippen LogP contribution in [0.2, 0.25) is 0 Å². The maximum atomic E-state index is 13.0. The molecule has 0 aromatic rings. The minimum absolute atomic E-state index is 0.0178. The van der Waals surface area contributed by atoms with Gasteiger partial charge in [0.05, 0.1) is 26.4 Å². The van der Waals surface area contributed by atoms with E-state index in [2.05, 4.69) is 191 Å². The van der Waals surface area contributed by atoms with E-state index in [9.17, 15) is 43.5 Å². The van der Waals surface area contributed by atoms with Gasteiger partial charge in [-0.05, 0) is 154 Å². The highest BCUT2D eigenvalue weighted by molar-refractivity contribution is 7.47. The maximum absolute atomic E-state index is 13.0. The van der Waals surface area contributed by atoms with E-state index in [1.54, 1.807) is 0 Å². The summed E-state index contributed by atoms with van der Waals surface area (Å²) in [5.74, 6) is -1.68. The standard InChI is InChI=1S/C85H138O16P2/c1-4-7-10-13-16-19-22-25-28-31-33-35-37-39-41-43-45-48-50-53-56-59-62-65-68-71-83(88)95-74-80(86)75-97-102(91,92)98-76-81(87)77-99-103(93,94)100-79-82(101-85(90)73-70-67-64-61-58-55-52-47-30-27-24-21-18-15-12-9-6-3)78-96-84(89)72-69-66-63-60-57-54-51-49-46-44-42-40-38-36-34-32-29-26-23-20-17-14-11-8-5-2/h7,9-10,12,16-21,25-30,33-36,39-42,45,48,52,55,61,64,80-82,86-87H,4-6,8,11,13-15,22-24,31-32,37-38,43-44,46-47,49-51,53-54,56-60,62-63,65-79H2,1-3H3,(H,91,92)(H,93,94)/b10-7-,12-9-,19-16-,20-17-,21-18-,28-25-,29-26-,30-27-,35-33-,36-34-,41-39-,42-40-,48-45-,55-52-,64-61-. The fourth-order valence-corrected chi connectivity index (χ4v) is 11.3. The summed E-state index contributed by atoms with van der Waals surface area (Å²) in [4.78, 5) is 58.7. The van der Waals surface area contributed by atoms with Crippen molar-refractivity contribution in [1.29, 1.82) is 0 Å². The summed E-state index contributed by atoms with van der Waals surface area (Å²) in [6, 6.07) is 0. The predicted octanol–water partition coefficient (Wildman–Crippen LogP) is 23.0. The second kappa shape index (κ2) is 76.3. The Bertz CT molecular complexity index is 2600. The van der Waals surface area contributed by atoms with Gasteiger partial charge >= 0.3 is 33.6 Å². The van der Waals surface area contributed by atoms with Gasteiger partial charge in [0.1, 0.15) is 25.4 Å². The van der Waals surface area contributed by atoms with Crippen LogP contribution in [0.1, 0.15) is 278 Å². The molecule has 0 aliphatic carbocycles. The Morgan fingerprint density at radius 2 is 0.524 bits per heavy atom. The molecule has 0 aliphatic rings. The molecule has 5 unspecified atom stereocenters. The van der Waals surface area contributed by atoms with E-state index in [4.69, 9.17) is 32.3 Å². The summed E-state index contributed by atoms with van der Waals surface area (Å²) in [5, 5.41) is 20.6. The Morgan fingerprint density at radius 1 is 0.282 bits per heavy atom. The molecule has 0 aliphatic heterocycles. The van der Waals surface area contributed by atoms with Crippen LogP contribution >= 0.6 is 15.6 Å². The van der Waals surface area contributed by atoms with Gasteiger partial charge in [-0.3, -0.25) is 32.5 Å². The summed E-state index contributed by atoms with van der Waals surface area (Å²) in [7, 11) is -9.83. The van der Waals surface area contributed by atoms with Crippen molar-refractivity contribution in [3.8, 4) is 0 Å². The number of esters is 3. The summed E-state index contributed by atoms with van der Waals surface area (Å²) in [6.45, 7) is 2.31. The van der Waals surface area contributed by atoms with Crippen LogP contribution in [0.3, 0.4) is 0 Å². The highest BCUT2D eigenvalue weighted by atomic mass is 31.2. The zero-order chi connectivity index (χ0) is 75.2. The molecule has 0 aromatic heterocycles. The van der Waals surface area contributed by atoms with Crippen LogP contribution in [0.4, 0.5) is 0 Å². The third-order valence-electron chi connectivity index (χ3n) is 15.6. The smallest absolute Gasteiger partial charge is 0.463 e. The first-order chi connectivity index (χ1) is 50.2. The van der Waals surface area contributed by atoms with Crippen molar-refractivity contribution < 1.29 is 75.8 Å². The molecule has 0 spiro atoms. The minimum atomic E-state index is -4.96. The molecule has 16 nitrogen and oxygen atoms in total. The van der Waals surface area contributed by atoms with Gasteiger partial charge in [0, 0.05) is 19.3 Å². The zero-order valence-electron chi connectivity index (χ0n) is 63.7. The number of carbonyl (C=O) groups excluding carboxylic acids is 3. The summed E-state index contributed by atoms with van der Waals surface area (Å²) in [6.07, 6.45) is 98.0. The lowest BCUT2D eigenvalue weighted by Crippen LogP contribution is -2.30. The fourth-order valence-electron chi connectivity index (χ4n) is 9.71. The molecule has 0 rings (SSSR count). The number of hydrogen-bond acceptors (Lipinski definition) is 14. The number of carbonyl (C=O) groups is 3. The van der Waals surface area contributed by atoms with Crippen molar-refractivity contribution in [2.24, 2.45) is 0 Å². The van der Waals surface area contributed by atoms with Gasteiger partial charge in [0.2, 0.25) is 0 Å². The predicted molar refractivity (Wildman–Crippen MR) is 426 cm³/mol. The van der Waals surface area contributed by atoms with Gasteiger partial charge in [0.25, 0.3) is 0 Å². The molecule has 0 radical (unpaired) electrons. The molecule has 4 N–H and O–H groups in total. The Balaban J connectivity index is 4.72. The molecule has 584 valence electrons. The van der Waals surface area contributed by atoms with Gasteiger partial charge in [-0.25, -0.2) is 9.13 Å². The quantitative estimate of drug-likeness (QED) is 0.0146. The number of rotatable bonds is 72. The molecule has 103 heavy (non-hydrogen) atoms. The van der Waals surface area contributed by atoms with Gasteiger partial charge in [-0.15, -0.1) is 0 Å². The summed E-state index contributed by atoms with van der Waals surface area (Å²) in [5.41, 5.74) is 0. The van der Waals surface area contributed by atoms with Crippen LogP contribution in [0.15, 0.2) is 182 Å². The second-order valence-corrected chi connectivity index (χ2v) is 28.3. The highest BCUT2D eigenvalue weighted by Crippen LogP contribution is 2.45. The second-order valence-electron chi connectivity index (χ2n) is 25.4. The molecular formula is C85H138O16P2. The van der Waals surface area contributed by atoms with E-state index >= 15 is 0 Å². The highest BCUT2D eigenvalue weighted by Gasteiger charge is 2.29. The number of aliphatic hydroxyl groups is 2. The third-order valence-corrected chi connectivity index (χ3v) is 17.5. The van der Waals surface area contributed by atoms with E-state index in [0.29, 0.717) is 25.7 Å². The largest absolute Gasteiger partial charge is 0.472 e. The van der Waals surface area contributed by atoms with Crippen molar-refractivity contribution in [3.63, 3.8) is 0 Å². The van der Waals surface area contributed by atoms with Crippen molar-refractivity contribution in [2.75, 3.05) is 39.6 Å². The fraction of sp³-hybridized carbons (Fsp3) is 0.612. The minimum Gasteiger partial charge on any atom is -0.463 e. The molecular weight excluding hydrogens is 1340 g/mol. The molecule has 0 saturated carbocycles. The van der Waals surface area contributed by atoms with Crippen LogP contribution in [0.25, 0.3) is 0 Å². The number of phosphoric ester groups is 2. The Hall–Kier alpha value is -5.35. The zero-order valence-corrected chi connectivity index (χ0v) is 65.5. The lowest BCUT2D eigenvalue weighted by atomic mass is 10.1. The molecule has 0 amide bonds. The number of phosphoric acid groups is 2. The summed E-state index contributed by atoms with van der Waals surface area (Å²) < 4.78 is 61.1. The maximum Gasteiger partial charge on any atom is 0.472 e. The van der Waals surface area contributed by atoms with Gasteiger partial charge in [0.15, 0.2) is 6.10 Å². The SMILES string of the molecule is CC/C=C\C/C=C\C/C=C\C/C=C\C/C=C\C/C=C\CCCCCCCCC(=O)OCC(O)COP(=O)(O)OCC(O)COP(=O)(O)OCC(COC(=O)CCCCCCCCCCC/C=C\C/C=C\C/C=C\C/C=C\CCCCC)OC(=O)CCC/C=C\C/C=C\C/C=C\C/C=C\C/C=C\CC. The number of hydrogen-bond donors (Lipinski definition) is 4. The first-order valence-corrected chi connectivity index (χ1v) is 42.1. The van der Waals surface area contributed by atoms with Crippen molar-refractivity contribution in [3.05, 3.63) is 182 Å². The van der Waals surface area contributed by atoms with Crippen LogP contribution in [0.5, 0.6) is 0 Å². The van der Waals surface area contributed by atoms with Crippen molar-refractivity contribution in [1.82, 2.24) is 0 Å². The van der Waals surface area contributed by atoms with Gasteiger partial charge in [-0.2, -0.15) is 0 Å². The summed E-state index contributed by atoms with van der Waals surface area (Å²) >= 11 is 0. The number of unbranched alkanes of at least 4 members (excludes halogenated alkanes) is 19. The van der Waals surface area contributed by atoms with E-state index in [1.165, 1.54) is 51.4 Å². The van der Waals surface area contributed by atoms with E-state index in [0.717, 1.165) is 161 Å². The van der Waals surface area contributed by atoms with E-state index in [1.807, 2.05) is 12.2 Å². The van der Waals surface area contributed by atoms with Crippen LogP contribution in [-0.4, -0.2) is 95.9 Å². The normalized spacial score (nSPS) is 15.0. The Labute approximate surface area is 624 Å². The average molecular weight is 1480 g/mol. The average Bonchev–Trinajstić information content (AvgIpc) is 0.914. The van der Waals surface area contributed by atoms with Gasteiger partial charge in [-0.1, -0.05) is 287 Å². The number of ether oxygens (including phenoxy) is 3. The van der Waals surface area contributed by atoms with E-state index in [-0.39, 0.29) is 19.3 Å². The van der Waals surface area contributed by atoms with Gasteiger partial charge < -0.3 is 34.2 Å². The Morgan fingerprint density at radius 3 is 0.845 bits per heavy atom. The molecule has 0 bridgehead atoms. The number of aliphatic hydroxyl groups excluding tert-OH is 2. The third kappa shape index (κ3) is 77.6. The number of allylic oxidation sites excluding steroid dienone is 30. The topological polar surface area (TPSA) is 231 Å².